The summed E-state index contributed by atoms with van der Waals surface area (Å²) in [5.41, 5.74) is 0. The van der Waals surface area contributed by atoms with Crippen LogP contribution in [-0.2, 0) is 20.3 Å². The Morgan fingerprint density at radius 1 is 1.50 bits per heavy atom. The summed E-state index contributed by atoms with van der Waals surface area (Å²) in [4.78, 5) is 10.0. The van der Waals surface area contributed by atoms with Gasteiger partial charge in [0.25, 0.3) is 0 Å². The molecule has 10 heavy (non-hydrogen) atoms. The number of ether oxygens (including phenoxy) is 1. The lowest BCUT2D eigenvalue weighted by molar-refractivity contribution is -0.137. The van der Waals surface area contributed by atoms with E-state index >= 15 is 0 Å². The molecule has 0 aromatic rings. The van der Waals surface area contributed by atoms with E-state index < -0.39 is 10.8 Å². The normalized spacial score (nSPS) is 16.1. The minimum absolute atomic E-state index is 0.0463. The molecule has 1 rings (SSSR count). The smallest absolute Gasteiger partial charge is 0.305 e. The molecule has 0 bridgehead atoms. The van der Waals surface area contributed by atoms with Crippen LogP contribution in [0.5, 0.6) is 0 Å². The van der Waals surface area contributed by atoms with Crippen LogP contribution in [0.3, 0.4) is 0 Å². The predicted molar refractivity (Wildman–Crippen MR) is 40.2 cm³/mol. The fourth-order valence-electron chi connectivity index (χ4n) is 0.475. The fraction of sp³-hybridized carbons (Fsp3) is 0.833. The van der Waals surface area contributed by atoms with E-state index in [1.807, 2.05) is 0 Å². The van der Waals surface area contributed by atoms with Gasteiger partial charge in [-0.25, -0.2) is 0 Å². The number of hydrogen-bond acceptors (Lipinski definition) is 3. The second-order valence-corrected chi connectivity index (χ2v) is 3.55. The lowest BCUT2D eigenvalue weighted by Crippen LogP contribution is -1.88. The molecule has 1 fully saturated rings. The van der Waals surface area contributed by atoms with Crippen LogP contribution in [0.15, 0.2) is 0 Å². The first kappa shape index (κ1) is 9.62. The minimum atomic E-state index is -0.611. The molecule has 1 aliphatic heterocycles. The number of rotatable bonds is 0. The highest BCUT2D eigenvalue weighted by molar-refractivity contribution is 7.83. The molecule has 0 atom stereocenters. The Morgan fingerprint density at radius 3 is 2.10 bits per heavy atom. The van der Waals surface area contributed by atoms with Crippen LogP contribution in [0, 0.1) is 0 Å². The molecule has 0 N–H and O–H groups in total. The maximum absolute atomic E-state index is 10.0. The van der Waals surface area contributed by atoms with Crippen LogP contribution in [0.1, 0.15) is 12.8 Å². The maximum atomic E-state index is 10.0. The third kappa shape index (κ3) is 7.62. The summed E-state index contributed by atoms with van der Waals surface area (Å²) in [5.74, 6) is -0.0463. The van der Waals surface area contributed by atoms with Crippen LogP contribution in [0.25, 0.3) is 0 Å². The Balaban J connectivity index is 0.000000180. The molecule has 1 saturated heterocycles. The Kier molecular flexibility index (Phi) is 5.20. The van der Waals surface area contributed by atoms with Gasteiger partial charge in [0.1, 0.15) is 0 Å². The molecule has 60 valence electrons. The van der Waals surface area contributed by atoms with E-state index in [2.05, 4.69) is 4.74 Å². The first-order valence-electron chi connectivity index (χ1n) is 3.03. The molecule has 0 aromatic heterocycles. The molecule has 1 heterocycles. The molecule has 0 saturated carbocycles. The molecular formula is C6H12O3S. The lowest BCUT2D eigenvalue weighted by atomic mass is 10.4. The summed E-state index contributed by atoms with van der Waals surface area (Å²) in [6, 6.07) is 0. The van der Waals surface area contributed by atoms with Gasteiger partial charge in [0.15, 0.2) is 0 Å². The zero-order valence-corrected chi connectivity index (χ0v) is 7.07. The largest absolute Gasteiger partial charge is 0.466 e. The Morgan fingerprint density at radius 2 is 2.00 bits per heavy atom. The van der Waals surface area contributed by atoms with Gasteiger partial charge >= 0.3 is 5.97 Å². The van der Waals surface area contributed by atoms with Crippen LogP contribution in [-0.4, -0.2) is 29.3 Å². The van der Waals surface area contributed by atoms with Gasteiger partial charge in [0.2, 0.25) is 0 Å². The van der Waals surface area contributed by atoms with Gasteiger partial charge in [-0.2, -0.15) is 0 Å². The fourth-order valence-corrected chi connectivity index (χ4v) is 0.475. The standard InChI is InChI=1S/C4H6O2.C2H6OS/c5-4-2-1-3-6-4;1-4(2)3/h1-3H2;1-2H3. The van der Waals surface area contributed by atoms with Crippen molar-refractivity contribution in [1.82, 2.24) is 0 Å². The quantitative estimate of drug-likeness (QED) is 0.484. The molecule has 0 radical (unpaired) electrons. The van der Waals surface area contributed by atoms with Crippen molar-refractivity contribution in [3.63, 3.8) is 0 Å². The van der Waals surface area contributed by atoms with Gasteiger partial charge in [0.05, 0.1) is 6.61 Å². The number of carbonyl (C=O) groups excluding carboxylic acids is 1. The van der Waals surface area contributed by atoms with Gasteiger partial charge in [-0.3, -0.25) is 9.00 Å². The van der Waals surface area contributed by atoms with E-state index in [4.69, 9.17) is 0 Å². The van der Waals surface area contributed by atoms with Crippen LogP contribution in [0.4, 0.5) is 0 Å². The van der Waals surface area contributed by atoms with Gasteiger partial charge in [-0.05, 0) is 6.42 Å². The molecule has 1 aliphatic rings. The highest BCUT2D eigenvalue weighted by Gasteiger charge is 2.08. The average Bonchev–Trinajstić information content (AvgIpc) is 2.15. The van der Waals surface area contributed by atoms with Crippen molar-refractivity contribution in [2.45, 2.75) is 12.8 Å². The summed E-state index contributed by atoms with van der Waals surface area (Å²) in [6.07, 6.45) is 4.82. The number of carbonyl (C=O) groups is 1. The molecule has 3 nitrogen and oxygen atoms in total. The van der Waals surface area contributed by atoms with E-state index in [1.165, 1.54) is 0 Å². The third-order valence-electron chi connectivity index (χ3n) is 0.788. The van der Waals surface area contributed by atoms with Crippen molar-refractivity contribution < 1.29 is 13.7 Å². The molecule has 0 aromatic carbocycles. The van der Waals surface area contributed by atoms with Crippen molar-refractivity contribution in [3.05, 3.63) is 0 Å². The minimum Gasteiger partial charge on any atom is -0.466 e. The zero-order valence-electron chi connectivity index (χ0n) is 6.25. The van der Waals surface area contributed by atoms with E-state index in [9.17, 15) is 9.00 Å². The average molecular weight is 164 g/mol. The monoisotopic (exact) mass is 164 g/mol. The molecule has 0 aliphatic carbocycles. The Bertz CT molecular complexity index is 121. The van der Waals surface area contributed by atoms with E-state index in [0.29, 0.717) is 13.0 Å². The first-order chi connectivity index (χ1) is 4.63. The second kappa shape index (κ2) is 5.41. The zero-order chi connectivity index (χ0) is 7.98. The SMILES string of the molecule is CS(C)=O.O=C1CCCO1. The van der Waals surface area contributed by atoms with Crippen molar-refractivity contribution in [2.75, 3.05) is 19.1 Å². The first-order valence-corrected chi connectivity index (χ1v) is 5.00. The van der Waals surface area contributed by atoms with Crippen molar-refractivity contribution in [1.29, 1.82) is 0 Å². The third-order valence-corrected chi connectivity index (χ3v) is 0.788. The molecule has 0 spiro atoms. The summed E-state index contributed by atoms with van der Waals surface area (Å²) >= 11 is 0. The van der Waals surface area contributed by atoms with Gasteiger partial charge in [-0.1, -0.05) is 0 Å². The van der Waals surface area contributed by atoms with Gasteiger partial charge in [0, 0.05) is 29.7 Å². The Hall–Kier alpha value is -0.380. The highest BCUT2D eigenvalue weighted by Crippen LogP contribution is 2.01. The number of hydrogen-bond donors (Lipinski definition) is 0. The van der Waals surface area contributed by atoms with Crippen LogP contribution in [0.2, 0.25) is 0 Å². The topological polar surface area (TPSA) is 43.4 Å². The van der Waals surface area contributed by atoms with Crippen molar-refractivity contribution in [3.8, 4) is 0 Å². The maximum Gasteiger partial charge on any atom is 0.305 e. The molecule has 0 unspecified atom stereocenters. The lowest BCUT2D eigenvalue weighted by Gasteiger charge is -1.81. The molecular weight excluding hydrogens is 152 g/mol. The summed E-state index contributed by atoms with van der Waals surface area (Å²) < 4.78 is 14.1. The van der Waals surface area contributed by atoms with Crippen molar-refractivity contribution in [2.24, 2.45) is 0 Å². The summed E-state index contributed by atoms with van der Waals surface area (Å²) in [6.45, 7) is 0.638. The van der Waals surface area contributed by atoms with E-state index in [1.54, 1.807) is 12.5 Å². The molecule has 4 heteroatoms. The van der Waals surface area contributed by atoms with Gasteiger partial charge < -0.3 is 4.74 Å². The number of esters is 1. The van der Waals surface area contributed by atoms with E-state index in [0.717, 1.165) is 6.42 Å². The number of cyclic esters (lactones) is 1. The van der Waals surface area contributed by atoms with Crippen LogP contribution < -0.4 is 0 Å². The summed E-state index contributed by atoms with van der Waals surface area (Å²) in [7, 11) is -0.611. The predicted octanol–water partition coefficient (Wildman–Crippen LogP) is 0.318. The van der Waals surface area contributed by atoms with Crippen molar-refractivity contribution >= 4 is 16.8 Å². The highest BCUT2D eigenvalue weighted by atomic mass is 32.2. The van der Waals surface area contributed by atoms with Gasteiger partial charge in [-0.15, -0.1) is 0 Å². The Labute approximate surface area is 63.2 Å². The van der Waals surface area contributed by atoms with Crippen LogP contribution >= 0.6 is 0 Å². The second-order valence-electron chi connectivity index (χ2n) is 2.07. The molecule has 0 amide bonds. The summed E-state index contributed by atoms with van der Waals surface area (Å²) in [5, 5.41) is 0. The van der Waals surface area contributed by atoms with E-state index in [-0.39, 0.29) is 5.97 Å².